The van der Waals surface area contributed by atoms with E-state index in [-0.39, 0.29) is 23.9 Å². The molecule has 0 saturated carbocycles. The Bertz CT molecular complexity index is 1070. The van der Waals surface area contributed by atoms with Crippen molar-refractivity contribution in [2.75, 3.05) is 13.1 Å². The Morgan fingerprint density at radius 3 is 2.81 bits per heavy atom. The highest BCUT2D eigenvalue weighted by molar-refractivity contribution is 6.06. The number of pyridine rings is 1. The number of hydrogen-bond donors (Lipinski definition) is 2. The number of β-amino-alcohol motifs (C(OH)–C–C–N with tert-alkyl or cyclic N) is 1. The molecule has 2 atom stereocenters. The van der Waals surface area contributed by atoms with E-state index < -0.39 is 6.10 Å². The van der Waals surface area contributed by atoms with Gasteiger partial charge in [0.1, 0.15) is 0 Å². The van der Waals surface area contributed by atoms with Gasteiger partial charge in [0.15, 0.2) is 0 Å². The van der Waals surface area contributed by atoms with E-state index >= 15 is 0 Å². The predicted octanol–water partition coefficient (Wildman–Crippen LogP) is 1.25. The highest BCUT2D eigenvalue weighted by Gasteiger charge is 2.35. The zero-order valence-electron chi connectivity index (χ0n) is 15.3. The first kappa shape index (κ1) is 17.5. The van der Waals surface area contributed by atoms with Gasteiger partial charge in [0.2, 0.25) is 0 Å². The molecule has 1 fully saturated rings. The summed E-state index contributed by atoms with van der Waals surface area (Å²) in [5, 5.41) is 18.3. The second kappa shape index (κ2) is 6.66. The zero-order chi connectivity index (χ0) is 19.1. The number of aliphatic hydroxyl groups excluding tert-OH is 1. The quantitative estimate of drug-likeness (QED) is 0.730. The number of carbonyl (C=O) groups excluding carboxylic acids is 1. The second-order valence-electron chi connectivity index (χ2n) is 7.26. The van der Waals surface area contributed by atoms with Crippen LogP contribution in [0, 0.1) is 12.8 Å². The average Bonchev–Trinajstić information content (AvgIpc) is 3.23. The molecule has 0 radical (unpaired) electrons. The third kappa shape index (κ3) is 3.14. The summed E-state index contributed by atoms with van der Waals surface area (Å²) in [6, 6.07) is 10.7. The molecule has 0 spiro atoms. The van der Waals surface area contributed by atoms with E-state index in [4.69, 9.17) is 0 Å². The van der Waals surface area contributed by atoms with Crippen molar-refractivity contribution in [3.8, 4) is 0 Å². The van der Waals surface area contributed by atoms with Crippen LogP contribution in [-0.4, -0.2) is 49.9 Å². The summed E-state index contributed by atoms with van der Waals surface area (Å²) >= 11 is 0. The SMILES string of the molecule is Cc1cc(C[C@@H]2CN(C(=O)c3cc(=O)n(C)c4ccccc34)C[C@H]2O)n[nH]1. The molecule has 7 heteroatoms. The molecule has 1 aliphatic heterocycles. The number of aryl methyl sites for hydroxylation is 2. The monoisotopic (exact) mass is 366 g/mol. The number of H-pyrrole nitrogens is 1. The molecule has 1 saturated heterocycles. The number of aromatic amines is 1. The number of rotatable bonds is 3. The zero-order valence-corrected chi connectivity index (χ0v) is 15.3. The van der Waals surface area contributed by atoms with Crippen LogP contribution < -0.4 is 5.56 Å². The first-order valence-electron chi connectivity index (χ1n) is 9.01. The molecular formula is C20H22N4O3. The number of fused-ring (bicyclic) bond motifs is 1. The van der Waals surface area contributed by atoms with Crippen molar-refractivity contribution in [2.45, 2.75) is 19.4 Å². The van der Waals surface area contributed by atoms with E-state index in [1.165, 1.54) is 10.6 Å². The fourth-order valence-corrected chi connectivity index (χ4v) is 3.83. The van der Waals surface area contributed by atoms with Gasteiger partial charge < -0.3 is 14.6 Å². The van der Waals surface area contributed by atoms with Gasteiger partial charge in [0, 0.05) is 43.2 Å². The molecule has 1 aromatic carbocycles. The fourth-order valence-electron chi connectivity index (χ4n) is 3.83. The van der Waals surface area contributed by atoms with Crippen molar-refractivity contribution in [3.63, 3.8) is 0 Å². The Kier molecular flexibility index (Phi) is 4.31. The van der Waals surface area contributed by atoms with Crippen LogP contribution >= 0.6 is 0 Å². The molecular weight excluding hydrogens is 344 g/mol. The lowest BCUT2D eigenvalue weighted by molar-refractivity contribution is 0.0766. The lowest BCUT2D eigenvalue weighted by Crippen LogP contribution is -2.31. The fraction of sp³-hybridized carbons (Fsp3) is 0.350. The van der Waals surface area contributed by atoms with Crippen LogP contribution in [0.25, 0.3) is 10.9 Å². The first-order valence-corrected chi connectivity index (χ1v) is 9.01. The van der Waals surface area contributed by atoms with Crippen molar-refractivity contribution in [2.24, 2.45) is 13.0 Å². The van der Waals surface area contributed by atoms with Gasteiger partial charge in [-0.1, -0.05) is 18.2 Å². The normalized spacial score (nSPS) is 19.7. The smallest absolute Gasteiger partial charge is 0.254 e. The molecule has 3 heterocycles. The third-order valence-electron chi connectivity index (χ3n) is 5.31. The Morgan fingerprint density at radius 2 is 2.07 bits per heavy atom. The highest BCUT2D eigenvalue weighted by Crippen LogP contribution is 2.25. The minimum atomic E-state index is -0.608. The van der Waals surface area contributed by atoms with Crippen molar-refractivity contribution in [1.29, 1.82) is 0 Å². The molecule has 1 aliphatic rings. The van der Waals surface area contributed by atoms with E-state index in [0.29, 0.717) is 18.5 Å². The summed E-state index contributed by atoms with van der Waals surface area (Å²) in [4.78, 5) is 27.0. The Morgan fingerprint density at radius 1 is 1.30 bits per heavy atom. The second-order valence-corrected chi connectivity index (χ2v) is 7.26. The predicted molar refractivity (Wildman–Crippen MR) is 102 cm³/mol. The minimum Gasteiger partial charge on any atom is -0.391 e. The van der Waals surface area contributed by atoms with Crippen LogP contribution in [0.1, 0.15) is 21.7 Å². The largest absolute Gasteiger partial charge is 0.391 e. The van der Waals surface area contributed by atoms with Crippen molar-refractivity contribution in [3.05, 3.63) is 63.7 Å². The van der Waals surface area contributed by atoms with Gasteiger partial charge >= 0.3 is 0 Å². The number of aromatic nitrogens is 3. The van der Waals surface area contributed by atoms with Gasteiger partial charge in [-0.2, -0.15) is 5.10 Å². The number of likely N-dealkylation sites (tertiary alicyclic amines) is 1. The van der Waals surface area contributed by atoms with E-state index in [1.807, 2.05) is 37.3 Å². The van der Waals surface area contributed by atoms with Gasteiger partial charge in [-0.3, -0.25) is 14.7 Å². The van der Waals surface area contributed by atoms with E-state index in [2.05, 4.69) is 10.2 Å². The van der Waals surface area contributed by atoms with Gasteiger partial charge in [-0.25, -0.2) is 0 Å². The first-order chi connectivity index (χ1) is 12.9. The van der Waals surface area contributed by atoms with Crippen LogP contribution in [-0.2, 0) is 13.5 Å². The maximum absolute atomic E-state index is 13.1. The minimum absolute atomic E-state index is 0.0746. The van der Waals surface area contributed by atoms with Crippen LogP contribution in [0.15, 0.2) is 41.2 Å². The third-order valence-corrected chi connectivity index (χ3v) is 5.31. The lowest BCUT2D eigenvalue weighted by Gasteiger charge is -2.18. The average molecular weight is 366 g/mol. The van der Waals surface area contributed by atoms with E-state index in [9.17, 15) is 14.7 Å². The number of hydrogen-bond acceptors (Lipinski definition) is 4. The summed E-state index contributed by atoms with van der Waals surface area (Å²) < 4.78 is 1.54. The molecule has 0 aliphatic carbocycles. The molecule has 1 amide bonds. The summed E-state index contributed by atoms with van der Waals surface area (Å²) in [6.07, 6.45) is -0.00386. The van der Waals surface area contributed by atoms with Gasteiger partial charge in [-0.05, 0) is 25.5 Å². The van der Waals surface area contributed by atoms with E-state index in [0.717, 1.165) is 22.3 Å². The van der Waals surface area contributed by atoms with Gasteiger partial charge in [0.05, 0.1) is 22.9 Å². The molecule has 0 bridgehead atoms. The van der Waals surface area contributed by atoms with Crippen LogP contribution in [0.4, 0.5) is 0 Å². The Balaban J connectivity index is 1.61. The van der Waals surface area contributed by atoms with Crippen LogP contribution in [0.5, 0.6) is 0 Å². The maximum atomic E-state index is 13.1. The van der Waals surface area contributed by atoms with Crippen LogP contribution in [0.3, 0.4) is 0 Å². The maximum Gasteiger partial charge on any atom is 0.254 e. The van der Waals surface area contributed by atoms with Gasteiger partial charge in [0.25, 0.3) is 11.5 Å². The topological polar surface area (TPSA) is 91.2 Å². The molecule has 7 nitrogen and oxygen atoms in total. The molecule has 2 N–H and O–H groups in total. The lowest BCUT2D eigenvalue weighted by atomic mass is 10.00. The molecule has 2 aromatic heterocycles. The number of carbonyl (C=O) groups is 1. The number of aliphatic hydroxyl groups is 1. The molecule has 140 valence electrons. The summed E-state index contributed by atoms with van der Waals surface area (Å²) in [6.45, 7) is 2.63. The van der Waals surface area contributed by atoms with Crippen LogP contribution in [0.2, 0.25) is 0 Å². The number of para-hydroxylation sites is 1. The van der Waals surface area contributed by atoms with Crippen molar-refractivity contribution < 1.29 is 9.90 Å². The summed E-state index contributed by atoms with van der Waals surface area (Å²) in [5.74, 6) is -0.293. The van der Waals surface area contributed by atoms with Gasteiger partial charge in [-0.15, -0.1) is 0 Å². The molecule has 3 aromatic rings. The summed E-state index contributed by atoms with van der Waals surface area (Å²) in [7, 11) is 1.69. The number of nitrogens with zero attached hydrogens (tertiary/aromatic N) is 3. The van der Waals surface area contributed by atoms with Crippen molar-refractivity contribution in [1.82, 2.24) is 19.7 Å². The van der Waals surface area contributed by atoms with Crippen molar-refractivity contribution >= 4 is 16.8 Å². The molecule has 0 unspecified atom stereocenters. The molecule has 4 rings (SSSR count). The Labute approximate surface area is 156 Å². The molecule has 27 heavy (non-hydrogen) atoms. The number of amides is 1. The summed E-state index contributed by atoms with van der Waals surface area (Å²) in [5.41, 5.74) is 2.73. The van der Waals surface area contributed by atoms with E-state index in [1.54, 1.807) is 11.9 Å². The number of benzene rings is 1. The Hall–Kier alpha value is -2.93. The number of nitrogens with one attached hydrogen (secondary N) is 1. The standard InChI is InChI=1S/C20H22N4O3/c1-12-7-14(22-21-12)8-13-10-24(11-18(13)25)20(27)16-9-19(26)23(2)17-6-4-3-5-15(16)17/h3-7,9,13,18,25H,8,10-11H2,1-2H3,(H,21,22)/t13-,18-/m1/s1. The highest BCUT2D eigenvalue weighted by atomic mass is 16.3.